The molecule has 216 valence electrons. The van der Waals surface area contributed by atoms with Crippen LogP contribution in [0.15, 0.2) is 43.0 Å². The summed E-state index contributed by atoms with van der Waals surface area (Å²) in [4.78, 5) is 23.4. The van der Waals surface area contributed by atoms with Crippen molar-refractivity contribution in [1.82, 2.24) is 29.4 Å². The Morgan fingerprint density at radius 1 is 1.15 bits per heavy atom. The molecule has 0 bridgehead atoms. The van der Waals surface area contributed by atoms with Gasteiger partial charge in [-0.25, -0.2) is 28.4 Å². The first-order chi connectivity index (χ1) is 19.8. The van der Waals surface area contributed by atoms with Gasteiger partial charge in [0.2, 0.25) is 0 Å². The second-order valence-corrected chi connectivity index (χ2v) is 17.3. The molecular formula is C28H34FN7O4Si. The lowest BCUT2D eigenvalue weighted by atomic mass is 9.91. The number of halogens is 1. The molecule has 41 heavy (non-hydrogen) atoms. The Kier molecular flexibility index (Phi) is 7.57. The minimum absolute atomic E-state index is 0.109. The van der Waals surface area contributed by atoms with Gasteiger partial charge in [0.05, 0.1) is 17.8 Å². The SMILES string of the molecule is C[Si](C)(C)CCOCn1cnc(-c2ccc(-c3cnn4ccc(N5C(=O)OC[C@@H]5C5CCOCC5)nc34)cc2F)n1. The number of nitrogens with zero attached hydrogens (tertiary/aromatic N) is 7. The van der Waals surface area contributed by atoms with Crippen molar-refractivity contribution in [2.24, 2.45) is 5.92 Å². The Labute approximate surface area is 238 Å². The second-order valence-electron chi connectivity index (χ2n) is 11.7. The van der Waals surface area contributed by atoms with Gasteiger partial charge in [0, 0.05) is 39.7 Å². The van der Waals surface area contributed by atoms with Crippen LogP contribution in [0.4, 0.5) is 15.0 Å². The largest absolute Gasteiger partial charge is 0.447 e. The van der Waals surface area contributed by atoms with Crippen LogP contribution in [0.25, 0.3) is 28.2 Å². The van der Waals surface area contributed by atoms with E-state index < -0.39 is 20.0 Å². The van der Waals surface area contributed by atoms with Crippen molar-refractivity contribution in [3.8, 4) is 22.5 Å². The van der Waals surface area contributed by atoms with Gasteiger partial charge in [0.15, 0.2) is 11.5 Å². The normalized spacial score (nSPS) is 18.4. The minimum atomic E-state index is -1.18. The average Bonchev–Trinajstić information content (AvgIpc) is 3.69. The molecule has 6 rings (SSSR count). The summed E-state index contributed by atoms with van der Waals surface area (Å²) in [5.74, 6) is 0.582. The molecule has 0 aliphatic carbocycles. The van der Waals surface area contributed by atoms with Crippen LogP contribution in [-0.4, -0.2) is 76.0 Å². The monoisotopic (exact) mass is 579 g/mol. The predicted octanol–water partition coefficient (Wildman–Crippen LogP) is 4.86. The van der Waals surface area contributed by atoms with E-state index >= 15 is 4.39 Å². The molecule has 0 radical (unpaired) electrons. The van der Waals surface area contributed by atoms with Crippen LogP contribution >= 0.6 is 0 Å². The standard InChI is InChI=1S/C28H34FN7O4Si/c1-41(2,3)13-12-39-18-34-17-30-26(33-34)21-5-4-20(14-23(21)29)22-15-31-35-9-6-25(32-27(22)35)36-24(16-40-28(36)37)19-7-10-38-11-8-19/h4-6,9,14-15,17,19,24H,7-8,10-13,16,18H2,1-3H3/t24-/m1/s1. The summed E-state index contributed by atoms with van der Waals surface area (Å²) < 4.78 is 35.2. The van der Waals surface area contributed by atoms with Crippen molar-refractivity contribution in [2.45, 2.75) is 51.3 Å². The Hall–Kier alpha value is -3.68. The van der Waals surface area contributed by atoms with Gasteiger partial charge in [0.1, 0.15) is 31.3 Å². The smallest absolute Gasteiger partial charge is 0.415 e. The van der Waals surface area contributed by atoms with Crippen molar-refractivity contribution < 1.29 is 23.4 Å². The van der Waals surface area contributed by atoms with Gasteiger partial charge < -0.3 is 14.2 Å². The van der Waals surface area contributed by atoms with Crippen LogP contribution in [0.2, 0.25) is 25.7 Å². The van der Waals surface area contributed by atoms with Crippen molar-refractivity contribution in [3.05, 3.63) is 48.8 Å². The first-order valence-electron chi connectivity index (χ1n) is 13.9. The predicted molar refractivity (Wildman–Crippen MR) is 153 cm³/mol. The summed E-state index contributed by atoms with van der Waals surface area (Å²) in [5, 5.41) is 8.79. The van der Waals surface area contributed by atoms with Crippen LogP contribution in [0.1, 0.15) is 12.8 Å². The lowest BCUT2D eigenvalue weighted by Gasteiger charge is -2.31. The number of amides is 1. The van der Waals surface area contributed by atoms with Crippen LogP contribution in [0.5, 0.6) is 0 Å². The van der Waals surface area contributed by atoms with Crippen molar-refractivity contribution in [3.63, 3.8) is 0 Å². The van der Waals surface area contributed by atoms with E-state index in [0.29, 0.717) is 54.6 Å². The summed E-state index contributed by atoms with van der Waals surface area (Å²) in [5.41, 5.74) is 2.04. The van der Waals surface area contributed by atoms with Crippen LogP contribution in [0.3, 0.4) is 0 Å². The summed E-state index contributed by atoms with van der Waals surface area (Å²) in [6, 6.07) is 7.59. The third-order valence-electron chi connectivity index (χ3n) is 7.59. The number of anilines is 1. The van der Waals surface area contributed by atoms with Crippen LogP contribution < -0.4 is 4.90 Å². The highest BCUT2D eigenvalue weighted by atomic mass is 28.3. The van der Waals surface area contributed by atoms with Gasteiger partial charge in [-0.1, -0.05) is 25.7 Å². The number of aromatic nitrogens is 6. The molecule has 1 amide bonds. The van der Waals surface area contributed by atoms with E-state index in [9.17, 15) is 4.79 Å². The molecule has 2 fully saturated rings. The first-order valence-corrected chi connectivity index (χ1v) is 17.6. The van der Waals surface area contributed by atoms with Crippen molar-refractivity contribution in [1.29, 1.82) is 0 Å². The molecule has 0 spiro atoms. The molecular weight excluding hydrogens is 545 g/mol. The van der Waals surface area contributed by atoms with Gasteiger partial charge in [0.25, 0.3) is 0 Å². The van der Waals surface area contributed by atoms with Crippen LogP contribution in [-0.2, 0) is 20.9 Å². The number of hydrogen-bond donors (Lipinski definition) is 0. The second kappa shape index (κ2) is 11.3. The zero-order valence-corrected chi connectivity index (χ0v) is 24.5. The Bertz CT molecular complexity index is 1550. The van der Waals surface area contributed by atoms with E-state index in [1.807, 2.05) is 0 Å². The highest BCUT2D eigenvalue weighted by Gasteiger charge is 2.40. The number of benzene rings is 1. The van der Waals surface area contributed by atoms with Gasteiger partial charge in [-0.2, -0.15) is 5.10 Å². The van der Waals surface area contributed by atoms with E-state index in [1.54, 1.807) is 51.0 Å². The van der Waals surface area contributed by atoms with Crippen molar-refractivity contribution in [2.75, 3.05) is 31.3 Å². The maximum atomic E-state index is 15.4. The number of hydrogen-bond acceptors (Lipinski definition) is 8. The fraction of sp³-hybridized carbons (Fsp3) is 0.464. The number of carbonyl (C=O) groups is 1. The highest BCUT2D eigenvalue weighted by molar-refractivity contribution is 6.76. The molecule has 0 saturated carbocycles. The fourth-order valence-corrected chi connectivity index (χ4v) is 5.98. The summed E-state index contributed by atoms with van der Waals surface area (Å²) >= 11 is 0. The number of ether oxygens (including phenoxy) is 3. The van der Waals surface area contributed by atoms with Gasteiger partial charge >= 0.3 is 6.09 Å². The molecule has 4 aromatic rings. The number of cyclic esters (lactones) is 1. The summed E-state index contributed by atoms with van der Waals surface area (Å²) in [6.07, 6.45) is 6.25. The Balaban J connectivity index is 1.22. The van der Waals surface area contributed by atoms with E-state index in [4.69, 9.17) is 19.2 Å². The lowest BCUT2D eigenvalue weighted by Crippen LogP contribution is -2.41. The average molecular weight is 580 g/mol. The highest BCUT2D eigenvalue weighted by Crippen LogP contribution is 2.33. The molecule has 11 nitrogen and oxygen atoms in total. The molecule has 2 aliphatic rings. The zero-order valence-electron chi connectivity index (χ0n) is 23.5. The number of fused-ring (bicyclic) bond motifs is 1. The topological polar surface area (TPSA) is 109 Å². The molecule has 13 heteroatoms. The van der Waals surface area contributed by atoms with E-state index in [2.05, 4.69) is 34.8 Å². The number of rotatable bonds is 9. The van der Waals surface area contributed by atoms with Crippen LogP contribution in [0, 0.1) is 11.7 Å². The molecule has 2 saturated heterocycles. The third-order valence-corrected chi connectivity index (χ3v) is 9.30. The molecule has 3 aromatic heterocycles. The molecule has 0 N–H and O–H groups in total. The third kappa shape index (κ3) is 5.88. The van der Waals surface area contributed by atoms with Gasteiger partial charge in [-0.15, -0.1) is 5.10 Å². The van der Waals surface area contributed by atoms with Gasteiger partial charge in [-0.3, -0.25) is 4.90 Å². The molecule has 2 aliphatic heterocycles. The lowest BCUT2D eigenvalue weighted by molar-refractivity contribution is 0.0564. The summed E-state index contributed by atoms with van der Waals surface area (Å²) in [6.45, 7) is 9.50. The van der Waals surface area contributed by atoms with E-state index in [0.717, 1.165) is 18.9 Å². The Morgan fingerprint density at radius 3 is 2.76 bits per heavy atom. The first kappa shape index (κ1) is 27.5. The molecule has 0 unspecified atom stereocenters. The Morgan fingerprint density at radius 2 is 1.98 bits per heavy atom. The molecule has 5 heterocycles. The zero-order chi connectivity index (χ0) is 28.6. The van der Waals surface area contributed by atoms with E-state index in [-0.39, 0.29) is 24.5 Å². The molecule has 1 atom stereocenters. The fourth-order valence-electron chi connectivity index (χ4n) is 5.22. The maximum Gasteiger partial charge on any atom is 0.415 e. The number of carbonyl (C=O) groups excluding carboxylic acids is 1. The van der Waals surface area contributed by atoms with Gasteiger partial charge in [-0.05, 0) is 48.6 Å². The minimum Gasteiger partial charge on any atom is -0.447 e. The quantitative estimate of drug-likeness (QED) is 0.204. The molecule has 1 aromatic carbocycles. The summed E-state index contributed by atoms with van der Waals surface area (Å²) in [7, 11) is -1.18. The maximum absolute atomic E-state index is 15.4. The van der Waals surface area contributed by atoms with Crippen molar-refractivity contribution >= 4 is 25.6 Å². The van der Waals surface area contributed by atoms with E-state index in [1.165, 1.54) is 6.07 Å².